The highest BCUT2D eigenvalue weighted by Crippen LogP contribution is 2.39. The third kappa shape index (κ3) is 3.76. The van der Waals surface area contributed by atoms with Gasteiger partial charge >= 0.3 is 0 Å². The molecule has 0 fully saturated rings. The van der Waals surface area contributed by atoms with Crippen molar-refractivity contribution in [2.24, 2.45) is 0 Å². The van der Waals surface area contributed by atoms with E-state index in [0.717, 1.165) is 46.3 Å². The maximum absolute atomic E-state index is 11.6. The molecule has 0 saturated heterocycles. The first-order chi connectivity index (χ1) is 15.3. The van der Waals surface area contributed by atoms with Crippen LogP contribution in [-0.4, -0.2) is 33.8 Å². The van der Waals surface area contributed by atoms with Crippen molar-refractivity contribution in [2.45, 2.75) is 6.42 Å². The van der Waals surface area contributed by atoms with Crippen molar-refractivity contribution in [2.75, 3.05) is 35.3 Å². The van der Waals surface area contributed by atoms with Crippen molar-refractivity contribution in [1.82, 2.24) is 4.98 Å². The molecule has 0 spiro atoms. The number of anilines is 4. The molecule has 162 valence electrons. The summed E-state index contributed by atoms with van der Waals surface area (Å²) in [6.07, 6.45) is 2.05. The zero-order chi connectivity index (χ0) is 22.5. The zero-order valence-electron chi connectivity index (χ0n) is 18.2. The number of pyridine rings is 1. The van der Waals surface area contributed by atoms with Crippen LogP contribution in [0.1, 0.15) is 11.1 Å². The molecular formula is C25H24N4O2S. The molecular weight excluding hydrogens is 420 g/mol. The Bertz CT molecular complexity index is 1460. The highest BCUT2D eigenvalue weighted by atomic mass is 32.2. The van der Waals surface area contributed by atoms with Crippen LogP contribution in [0.3, 0.4) is 0 Å². The molecule has 0 bridgehead atoms. The molecule has 7 heteroatoms. The van der Waals surface area contributed by atoms with Crippen LogP contribution in [0.4, 0.5) is 22.7 Å². The smallest absolute Gasteiger partial charge is 0.229 e. The van der Waals surface area contributed by atoms with Gasteiger partial charge in [-0.25, -0.2) is 13.4 Å². The van der Waals surface area contributed by atoms with E-state index in [9.17, 15) is 8.42 Å². The molecule has 32 heavy (non-hydrogen) atoms. The first-order valence-electron chi connectivity index (χ1n) is 10.4. The van der Waals surface area contributed by atoms with E-state index in [1.165, 1.54) is 16.7 Å². The van der Waals surface area contributed by atoms with Gasteiger partial charge in [-0.15, -0.1) is 0 Å². The van der Waals surface area contributed by atoms with Gasteiger partial charge in [0.2, 0.25) is 10.0 Å². The summed E-state index contributed by atoms with van der Waals surface area (Å²) >= 11 is 0. The van der Waals surface area contributed by atoms with Crippen LogP contribution in [0.15, 0.2) is 66.7 Å². The van der Waals surface area contributed by atoms with Gasteiger partial charge in [0.05, 0.1) is 40.2 Å². The highest BCUT2D eigenvalue weighted by molar-refractivity contribution is 7.92. The predicted octanol–water partition coefficient (Wildman–Crippen LogP) is 4.99. The Morgan fingerprint density at radius 1 is 0.906 bits per heavy atom. The molecule has 1 aromatic heterocycles. The minimum absolute atomic E-state index is 0.521. The van der Waals surface area contributed by atoms with Gasteiger partial charge in [-0.1, -0.05) is 36.4 Å². The van der Waals surface area contributed by atoms with Crippen LogP contribution in [0.2, 0.25) is 0 Å². The Labute approximate surface area is 188 Å². The lowest BCUT2D eigenvalue weighted by Gasteiger charge is -2.20. The van der Waals surface area contributed by atoms with Gasteiger partial charge in [0, 0.05) is 31.5 Å². The number of hydrogen-bond donors (Lipinski definition) is 2. The second-order valence-electron chi connectivity index (χ2n) is 8.33. The van der Waals surface area contributed by atoms with Gasteiger partial charge < -0.3 is 10.2 Å². The molecule has 2 N–H and O–H groups in total. The van der Waals surface area contributed by atoms with Crippen molar-refractivity contribution < 1.29 is 8.42 Å². The van der Waals surface area contributed by atoms with E-state index < -0.39 is 10.0 Å². The number of nitrogens with zero attached hydrogens (tertiary/aromatic N) is 2. The molecule has 6 nitrogen and oxygen atoms in total. The van der Waals surface area contributed by atoms with E-state index in [1.54, 1.807) is 6.07 Å². The van der Waals surface area contributed by atoms with Crippen LogP contribution in [-0.2, 0) is 16.4 Å². The summed E-state index contributed by atoms with van der Waals surface area (Å²) in [6, 6.07) is 22.2. The number of sulfonamides is 1. The Kier molecular flexibility index (Phi) is 4.78. The minimum Gasteiger partial charge on any atom is -0.376 e. The number of aromatic nitrogens is 1. The molecule has 0 atom stereocenters. The van der Waals surface area contributed by atoms with Crippen LogP contribution in [0, 0.1) is 0 Å². The summed E-state index contributed by atoms with van der Waals surface area (Å²) in [5.41, 5.74) is 8.86. The third-order valence-corrected chi connectivity index (χ3v) is 6.24. The van der Waals surface area contributed by atoms with Gasteiger partial charge in [0.15, 0.2) is 0 Å². The summed E-state index contributed by atoms with van der Waals surface area (Å²) in [5, 5.41) is 4.61. The second-order valence-corrected chi connectivity index (χ2v) is 10.1. The molecule has 1 heterocycles. The number of benzene rings is 3. The summed E-state index contributed by atoms with van der Waals surface area (Å²) in [7, 11) is 0.504. The van der Waals surface area contributed by atoms with Crippen LogP contribution in [0.25, 0.3) is 22.2 Å². The minimum atomic E-state index is -3.35. The molecule has 0 amide bonds. The first kappa shape index (κ1) is 20.3. The molecule has 0 unspecified atom stereocenters. The zero-order valence-corrected chi connectivity index (χ0v) is 19.0. The van der Waals surface area contributed by atoms with Crippen LogP contribution >= 0.6 is 0 Å². The van der Waals surface area contributed by atoms with Gasteiger partial charge in [0.1, 0.15) is 0 Å². The van der Waals surface area contributed by atoms with Crippen molar-refractivity contribution >= 4 is 43.7 Å². The Morgan fingerprint density at radius 2 is 1.72 bits per heavy atom. The molecule has 1 aliphatic rings. The topological polar surface area (TPSA) is 74.3 Å². The van der Waals surface area contributed by atoms with Gasteiger partial charge in [-0.2, -0.15) is 0 Å². The fraction of sp³-hybridized carbons (Fsp3) is 0.160. The van der Waals surface area contributed by atoms with Crippen molar-refractivity contribution in [3.05, 3.63) is 77.9 Å². The molecule has 0 saturated carbocycles. The number of fused-ring (bicyclic) bond motifs is 4. The average Bonchev–Trinajstić information content (AvgIpc) is 3.10. The third-order valence-electron chi connectivity index (χ3n) is 5.63. The largest absolute Gasteiger partial charge is 0.376 e. The molecule has 5 rings (SSSR count). The summed E-state index contributed by atoms with van der Waals surface area (Å²) < 4.78 is 25.8. The van der Waals surface area contributed by atoms with Crippen molar-refractivity contribution in [3.63, 3.8) is 0 Å². The lowest BCUT2D eigenvalue weighted by Crippen LogP contribution is -2.13. The Hall–Kier alpha value is -3.58. The molecule has 4 aromatic rings. The van der Waals surface area contributed by atoms with E-state index in [1.807, 2.05) is 43.3 Å². The van der Waals surface area contributed by atoms with E-state index in [0.29, 0.717) is 5.69 Å². The molecule has 0 aliphatic heterocycles. The Balaban J connectivity index is 1.58. The highest BCUT2D eigenvalue weighted by Gasteiger charge is 2.21. The summed E-state index contributed by atoms with van der Waals surface area (Å²) in [6.45, 7) is 0. The number of rotatable bonds is 5. The normalized spacial score (nSPS) is 12.3. The van der Waals surface area contributed by atoms with E-state index >= 15 is 0 Å². The fourth-order valence-corrected chi connectivity index (χ4v) is 4.81. The quantitative estimate of drug-likeness (QED) is 0.400. The average molecular weight is 445 g/mol. The van der Waals surface area contributed by atoms with E-state index in [4.69, 9.17) is 4.98 Å². The molecule has 3 aromatic carbocycles. The number of para-hydroxylation sites is 1. The molecule has 1 aliphatic carbocycles. The van der Waals surface area contributed by atoms with E-state index in [2.05, 4.69) is 46.4 Å². The SMILES string of the molecule is CN(C)c1cc(NS(C)(=O)=O)ccc1Nc1cccc2cc3c(nc12)-c1ccccc1C3. The summed E-state index contributed by atoms with van der Waals surface area (Å²) in [5.74, 6) is 0. The van der Waals surface area contributed by atoms with Gasteiger partial charge in [-0.05, 0) is 41.5 Å². The van der Waals surface area contributed by atoms with Gasteiger partial charge in [0.25, 0.3) is 0 Å². The fourth-order valence-electron chi connectivity index (χ4n) is 4.25. The van der Waals surface area contributed by atoms with Crippen LogP contribution in [0.5, 0.6) is 0 Å². The Morgan fingerprint density at radius 3 is 2.50 bits per heavy atom. The van der Waals surface area contributed by atoms with Crippen molar-refractivity contribution in [3.8, 4) is 11.3 Å². The first-order valence-corrected chi connectivity index (χ1v) is 12.2. The van der Waals surface area contributed by atoms with Gasteiger partial charge in [-0.3, -0.25) is 4.72 Å². The lowest BCUT2D eigenvalue weighted by atomic mass is 10.1. The monoisotopic (exact) mass is 444 g/mol. The lowest BCUT2D eigenvalue weighted by molar-refractivity contribution is 0.607. The summed E-state index contributed by atoms with van der Waals surface area (Å²) in [4.78, 5) is 7.01. The van der Waals surface area contributed by atoms with Crippen molar-refractivity contribution in [1.29, 1.82) is 0 Å². The maximum Gasteiger partial charge on any atom is 0.229 e. The van der Waals surface area contributed by atoms with Crippen LogP contribution < -0.4 is 14.9 Å². The van der Waals surface area contributed by atoms with E-state index in [-0.39, 0.29) is 0 Å². The second kappa shape index (κ2) is 7.53. The standard InChI is InChI=1S/C25H24N4O2S/c1-29(2)23-15-19(28-32(3,30)31)11-12-21(23)26-22-10-6-8-17-14-18-13-16-7-4-5-9-20(16)24(18)27-25(17)22/h4-12,14-15,26,28H,13H2,1-3H3. The molecule has 0 radical (unpaired) electrons. The maximum atomic E-state index is 11.6. The number of nitrogens with one attached hydrogen (secondary N) is 2. The predicted molar refractivity (Wildman–Crippen MR) is 133 cm³/mol. The number of hydrogen-bond acceptors (Lipinski definition) is 5.